The van der Waals surface area contributed by atoms with Crippen LogP contribution >= 0.6 is 11.6 Å². The predicted molar refractivity (Wildman–Crippen MR) is 106 cm³/mol. The molecule has 28 heavy (non-hydrogen) atoms. The molecule has 1 N–H and O–H groups in total. The summed E-state index contributed by atoms with van der Waals surface area (Å²) in [6.07, 6.45) is 2.65. The normalized spacial score (nSPS) is 16.5. The van der Waals surface area contributed by atoms with Gasteiger partial charge in [0.25, 0.3) is 5.91 Å². The first-order valence-electron chi connectivity index (χ1n) is 9.15. The van der Waals surface area contributed by atoms with Crippen LogP contribution in [0.15, 0.2) is 47.4 Å². The highest BCUT2D eigenvalue weighted by Gasteiger charge is 2.27. The monoisotopic (exact) mass is 424 g/mol. The summed E-state index contributed by atoms with van der Waals surface area (Å²) in [5.41, 5.74) is 0.381. The van der Waals surface area contributed by atoms with Crippen LogP contribution in [0.1, 0.15) is 48.1 Å². The van der Waals surface area contributed by atoms with Gasteiger partial charge < -0.3 is 5.32 Å². The molecule has 1 heterocycles. The van der Waals surface area contributed by atoms with Crippen molar-refractivity contribution in [3.8, 4) is 0 Å². The van der Waals surface area contributed by atoms with Crippen molar-refractivity contribution in [1.82, 2.24) is 9.62 Å². The molecule has 8 heteroatoms. The number of halogens is 2. The molecule has 1 amide bonds. The number of piperidine rings is 1. The van der Waals surface area contributed by atoms with E-state index in [1.54, 1.807) is 25.1 Å². The lowest BCUT2D eigenvalue weighted by atomic mass is 10.1. The van der Waals surface area contributed by atoms with E-state index in [4.69, 9.17) is 11.6 Å². The molecule has 150 valence electrons. The fourth-order valence-corrected chi connectivity index (χ4v) is 5.02. The number of carbonyl (C=O) groups excluding carboxylic acids is 1. The molecule has 1 saturated heterocycles. The zero-order valence-corrected chi connectivity index (χ0v) is 17.1. The lowest BCUT2D eigenvalue weighted by Crippen LogP contribution is -2.35. The summed E-state index contributed by atoms with van der Waals surface area (Å²) in [7, 11) is -3.69. The van der Waals surface area contributed by atoms with E-state index in [-0.39, 0.29) is 15.5 Å². The Morgan fingerprint density at radius 2 is 1.82 bits per heavy atom. The third kappa shape index (κ3) is 4.37. The highest BCUT2D eigenvalue weighted by atomic mass is 35.5. The topological polar surface area (TPSA) is 66.5 Å². The number of sulfonamides is 1. The first-order chi connectivity index (χ1) is 13.3. The van der Waals surface area contributed by atoms with E-state index in [2.05, 4.69) is 5.32 Å². The fraction of sp³-hybridized carbons (Fsp3) is 0.350. The van der Waals surface area contributed by atoms with Crippen molar-refractivity contribution in [3.63, 3.8) is 0 Å². The fourth-order valence-electron chi connectivity index (χ4n) is 3.27. The number of hydrogen-bond acceptors (Lipinski definition) is 3. The number of nitrogens with zero attached hydrogens (tertiary/aromatic N) is 1. The van der Waals surface area contributed by atoms with E-state index in [9.17, 15) is 17.6 Å². The Morgan fingerprint density at radius 3 is 2.50 bits per heavy atom. The molecule has 2 aromatic rings. The standard InChI is InChI=1S/C20H22ClFN2O3S/c1-14(16-7-3-4-8-19(16)22)23-20(25)17-13-15(9-10-18(17)21)28(26,27)24-11-5-2-6-12-24/h3-4,7-10,13-14H,2,5-6,11-12H2,1H3,(H,23,25)/t14-/m0/s1. The van der Waals surface area contributed by atoms with E-state index in [1.165, 1.54) is 28.6 Å². The summed E-state index contributed by atoms with van der Waals surface area (Å²) in [6.45, 7) is 2.59. The van der Waals surface area contributed by atoms with Crippen molar-refractivity contribution in [3.05, 3.63) is 64.4 Å². The summed E-state index contributed by atoms with van der Waals surface area (Å²) in [5, 5.41) is 2.82. The van der Waals surface area contributed by atoms with E-state index < -0.39 is 27.8 Å². The third-order valence-corrected chi connectivity index (χ3v) is 7.08. The number of benzene rings is 2. The van der Waals surface area contributed by atoms with Crippen LogP contribution in [0.25, 0.3) is 0 Å². The third-order valence-electron chi connectivity index (χ3n) is 4.85. The molecule has 5 nitrogen and oxygen atoms in total. The van der Waals surface area contributed by atoms with Crippen molar-refractivity contribution in [2.45, 2.75) is 37.1 Å². The Hall–Kier alpha value is -1.96. The highest BCUT2D eigenvalue weighted by molar-refractivity contribution is 7.89. The summed E-state index contributed by atoms with van der Waals surface area (Å²) < 4.78 is 41.1. The molecule has 0 unspecified atom stereocenters. The van der Waals surface area contributed by atoms with Gasteiger partial charge in [0, 0.05) is 18.7 Å². The van der Waals surface area contributed by atoms with Crippen LogP contribution in [-0.2, 0) is 10.0 Å². The van der Waals surface area contributed by atoms with Gasteiger partial charge in [-0.1, -0.05) is 36.2 Å². The van der Waals surface area contributed by atoms with Crippen molar-refractivity contribution >= 4 is 27.5 Å². The van der Waals surface area contributed by atoms with Gasteiger partial charge in [0.05, 0.1) is 21.5 Å². The summed E-state index contributed by atoms with van der Waals surface area (Å²) >= 11 is 6.14. The molecule has 2 aromatic carbocycles. The van der Waals surface area contributed by atoms with Crippen molar-refractivity contribution in [1.29, 1.82) is 0 Å². The van der Waals surface area contributed by atoms with Gasteiger partial charge in [-0.05, 0) is 44.0 Å². The molecule has 3 rings (SSSR count). The van der Waals surface area contributed by atoms with Crippen molar-refractivity contribution in [2.75, 3.05) is 13.1 Å². The first-order valence-corrected chi connectivity index (χ1v) is 11.0. The minimum Gasteiger partial charge on any atom is -0.345 e. The van der Waals surface area contributed by atoms with E-state index in [0.717, 1.165) is 19.3 Å². The average Bonchev–Trinajstić information content (AvgIpc) is 2.69. The molecular formula is C20H22ClFN2O3S. The SMILES string of the molecule is C[C@H](NC(=O)c1cc(S(=O)(=O)N2CCCCC2)ccc1Cl)c1ccccc1F. The quantitative estimate of drug-likeness (QED) is 0.784. The second-order valence-electron chi connectivity index (χ2n) is 6.82. The Bertz CT molecular complexity index is 975. The highest BCUT2D eigenvalue weighted by Crippen LogP contribution is 2.26. The predicted octanol–water partition coefficient (Wildman–Crippen LogP) is 4.14. The molecule has 0 aromatic heterocycles. The number of hydrogen-bond donors (Lipinski definition) is 1. The van der Waals surface area contributed by atoms with Gasteiger partial charge in [0.15, 0.2) is 0 Å². The average molecular weight is 425 g/mol. The molecular weight excluding hydrogens is 403 g/mol. The van der Waals surface area contributed by atoms with Crippen molar-refractivity contribution < 1.29 is 17.6 Å². The van der Waals surface area contributed by atoms with Gasteiger partial charge in [0.2, 0.25) is 10.0 Å². The van der Waals surface area contributed by atoms with Crippen LogP contribution in [0, 0.1) is 5.82 Å². The molecule has 1 atom stereocenters. The number of rotatable bonds is 5. The first kappa shape index (κ1) is 20.8. The Kier molecular flexibility index (Phi) is 6.37. The van der Waals surface area contributed by atoms with Gasteiger partial charge in [-0.15, -0.1) is 0 Å². The number of carbonyl (C=O) groups is 1. The van der Waals surface area contributed by atoms with E-state index >= 15 is 0 Å². The molecule has 0 radical (unpaired) electrons. The largest absolute Gasteiger partial charge is 0.345 e. The zero-order valence-electron chi connectivity index (χ0n) is 15.5. The molecule has 0 spiro atoms. The van der Waals surface area contributed by atoms with Gasteiger partial charge in [-0.2, -0.15) is 4.31 Å². The summed E-state index contributed by atoms with van der Waals surface area (Å²) in [6, 6.07) is 9.64. The Labute approximate surface area is 169 Å². The lowest BCUT2D eigenvalue weighted by Gasteiger charge is -2.26. The van der Waals surface area contributed by atoms with Crippen LogP contribution < -0.4 is 5.32 Å². The molecule has 1 aliphatic rings. The molecule has 0 saturated carbocycles. The minimum absolute atomic E-state index is 0.0301. The lowest BCUT2D eigenvalue weighted by molar-refractivity contribution is 0.0939. The van der Waals surface area contributed by atoms with Crippen LogP contribution in [0.3, 0.4) is 0 Å². The van der Waals surface area contributed by atoms with Crippen LogP contribution in [0.4, 0.5) is 4.39 Å². The summed E-state index contributed by atoms with van der Waals surface area (Å²) in [4.78, 5) is 12.7. The van der Waals surface area contributed by atoms with Crippen molar-refractivity contribution in [2.24, 2.45) is 0 Å². The van der Waals surface area contributed by atoms with Gasteiger partial charge in [-0.3, -0.25) is 4.79 Å². The second-order valence-corrected chi connectivity index (χ2v) is 9.17. The van der Waals surface area contributed by atoms with Gasteiger partial charge in [0.1, 0.15) is 5.82 Å². The van der Waals surface area contributed by atoms with Crippen LogP contribution in [-0.4, -0.2) is 31.7 Å². The molecule has 1 fully saturated rings. The minimum atomic E-state index is -3.69. The van der Waals surface area contributed by atoms with Crippen LogP contribution in [0.2, 0.25) is 5.02 Å². The zero-order chi connectivity index (χ0) is 20.3. The Balaban J connectivity index is 1.85. The van der Waals surface area contributed by atoms with E-state index in [1.807, 2.05) is 0 Å². The van der Waals surface area contributed by atoms with Gasteiger partial charge in [-0.25, -0.2) is 12.8 Å². The summed E-state index contributed by atoms with van der Waals surface area (Å²) in [5.74, 6) is -0.987. The van der Waals surface area contributed by atoms with E-state index in [0.29, 0.717) is 18.7 Å². The second kappa shape index (κ2) is 8.59. The van der Waals surface area contributed by atoms with Crippen LogP contribution in [0.5, 0.6) is 0 Å². The maximum Gasteiger partial charge on any atom is 0.253 e. The molecule has 1 aliphatic heterocycles. The smallest absolute Gasteiger partial charge is 0.253 e. The molecule has 0 bridgehead atoms. The maximum absolute atomic E-state index is 13.9. The Morgan fingerprint density at radius 1 is 1.14 bits per heavy atom. The molecule has 0 aliphatic carbocycles. The number of nitrogens with one attached hydrogen (secondary N) is 1. The number of amides is 1. The van der Waals surface area contributed by atoms with Gasteiger partial charge >= 0.3 is 0 Å². The maximum atomic E-state index is 13.9.